The summed E-state index contributed by atoms with van der Waals surface area (Å²) in [6, 6.07) is 13.9. The van der Waals surface area contributed by atoms with E-state index in [2.05, 4.69) is 20.3 Å². The summed E-state index contributed by atoms with van der Waals surface area (Å²) in [7, 11) is 1.78. The molecule has 0 saturated carbocycles. The van der Waals surface area contributed by atoms with E-state index in [-0.39, 0.29) is 5.91 Å². The first-order chi connectivity index (χ1) is 12.7. The van der Waals surface area contributed by atoms with Gasteiger partial charge >= 0.3 is 0 Å². The van der Waals surface area contributed by atoms with Crippen molar-refractivity contribution in [3.8, 4) is 0 Å². The van der Waals surface area contributed by atoms with E-state index in [9.17, 15) is 4.79 Å². The lowest BCUT2D eigenvalue weighted by molar-refractivity contribution is 0.0796. The predicted molar refractivity (Wildman–Crippen MR) is 101 cm³/mol. The van der Waals surface area contributed by atoms with Crippen LogP contribution < -0.4 is 5.32 Å². The summed E-state index contributed by atoms with van der Waals surface area (Å²) in [6.07, 6.45) is 7.41. The highest BCUT2D eigenvalue weighted by molar-refractivity contribution is 5.93. The number of hydrogen-bond acceptors (Lipinski definition) is 5. The molecule has 0 fully saturated rings. The average molecular weight is 347 g/mol. The fraction of sp³-hybridized carbons (Fsp3) is 0.200. The molecule has 0 saturated heterocycles. The van der Waals surface area contributed by atoms with Gasteiger partial charge in [-0.3, -0.25) is 9.78 Å². The molecule has 132 valence electrons. The van der Waals surface area contributed by atoms with Crippen LogP contribution in [0.1, 0.15) is 21.5 Å². The van der Waals surface area contributed by atoms with Gasteiger partial charge in [-0.1, -0.05) is 30.3 Å². The van der Waals surface area contributed by atoms with E-state index >= 15 is 0 Å². The van der Waals surface area contributed by atoms with Gasteiger partial charge in [0.2, 0.25) is 5.95 Å². The molecule has 1 amide bonds. The molecule has 1 aromatic carbocycles. The van der Waals surface area contributed by atoms with Crippen molar-refractivity contribution in [1.82, 2.24) is 19.9 Å². The Kier molecular flexibility index (Phi) is 5.88. The number of rotatable bonds is 7. The van der Waals surface area contributed by atoms with Gasteiger partial charge in [0.1, 0.15) is 0 Å². The van der Waals surface area contributed by atoms with E-state index < -0.39 is 0 Å². The van der Waals surface area contributed by atoms with Crippen molar-refractivity contribution < 1.29 is 4.79 Å². The van der Waals surface area contributed by atoms with Crippen LogP contribution in [0, 0.1) is 0 Å². The maximum absolute atomic E-state index is 12.5. The van der Waals surface area contributed by atoms with Gasteiger partial charge in [-0.05, 0) is 29.7 Å². The first kappa shape index (κ1) is 17.5. The minimum Gasteiger partial charge on any atom is -0.350 e. The lowest BCUT2D eigenvalue weighted by atomic mass is 10.2. The van der Waals surface area contributed by atoms with E-state index in [0.29, 0.717) is 24.6 Å². The summed E-state index contributed by atoms with van der Waals surface area (Å²) < 4.78 is 0. The Labute approximate surface area is 153 Å². The highest BCUT2D eigenvalue weighted by Gasteiger charge is 2.12. The lowest BCUT2D eigenvalue weighted by Gasteiger charge is -2.17. The second kappa shape index (κ2) is 8.71. The molecule has 6 heteroatoms. The first-order valence-corrected chi connectivity index (χ1v) is 8.46. The molecule has 1 N–H and O–H groups in total. The van der Waals surface area contributed by atoms with Gasteiger partial charge < -0.3 is 10.2 Å². The smallest absolute Gasteiger partial charge is 0.256 e. The molecule has 26 heavy (non-hydrogen) atoms. The van der Waals surface area contributed by atoms with E-state index in [0.717, 1.165) is 17.5 Å². The summed E-state index contributed by atoms with van der Waals surface area (Å²) in [5, 5.41) is 3.15. The minimum atomic E-state index is -0.0892. The molecule has 0 unspecified atom stereocenters. The highest BCUT2D eigenvalue weighted by atomic mass is 16.2. The maximum Gasteiger partial charge on any atom is 0.256 e. The van der Waals surface area contributed by atoms with E-state index in [4.69, 9.17) is 0 Å². The van der Waals surface area contributed by atoms with Crippen LogP contribution in [0.15, 0.2) is 67.3 Å². The molecule has 0 radical (unpaired) electrons. The third-order valence-electron chi connectivity index (χ3n) is 4.02. The number of benzene rings is 1. The van der Waals surface area contributed by atoms with Crippen LogP contribution in [-0.2, 0) is 13.0 Å². The van der Waals surface area contributed by atoms with Crippen LogP contribution in [0.5, 0.6) is 0 Å². The summed E-state index contributed by atoms with van der Waals surface area (Å²) >= 11 is 0. The van der Waals surface area contributed by atoms with Gasteiger partial charge in [-0.2, -0.15) is 0 Å². The summed E-state index contributed by atoms with van der Waals surface area (Å²) in [6.45, 7) is 1.26. The van der Waals surface area contributed by atoms with Crippen LogP contribution >= 0.6 is 0 Å². The monoisotopic (exact) mass is 347 g/mol. The van der Waals surface area contributed by atoms with Crippen molar-refractivity contribution in [3.63, 3.8) is 0 Å². The zero-order chi connectivity index (χ0) is 18.2. The molecule has 2 heterocycles. The van der Waals surface area contributed by atoms with Gasteiger partial charge in [0.15, 0.2) is 0 Å². The Morgan fingerprint density at radius 3 is 2.38 bits per heavy atom. The predicted octanol–water partition coefficient (Wildman–Crippen LogP) is 2.80. The van der Waals surface area contributed by atoms with Crippen molar-refractivity contribution in [2.24, 2.45) is 0 Å². The van der Waals surface area contributed by atoms with Crippen molar-refractivity contribution in [2.45, 2.75) is 13.0 Å². The number of anilines is 1. The SMILES string of the molecule is CN(CCc1ccncc1)C(=O)c1cnc(NCc2ccccc2)nc1. The highest BCUT2D eigenvalue weighted by Crippen LogP contribution is 2.07. The minimum absolute atomic E-state index is 0.0892. The van der Waals surface area contributed by atoms with Gasteiger partial charge in [0, 0.05) is 44.9 Å². The number of amides is 1. The summed E-state index contributed by atoms with van der Waals surface area (Å²) in [5.41, 5.74) is 2.77. The standard InChI is InChI=1S/C20H21N5O/c1-25(12-9-16-7-10-21-11-8-16)19(26)18-14-23-20(24-15-18)22-13-17-5-3-2-4-6-17/h2-8,10-11,14-15H,9,12-13H2,1H3,(H,22,23,24). The molecule has 6 nitrogen and oxygen atoms in total. The number of nitrogens with one attached hydrogen (secondary N) is 1. The normalized spacial score (nSPS) is 10.3. The molecule has 0 bridgehead atoms. The van der Waals surface area contributed by atoms with Gasteiger partial charge in [-0.25, -0.2) is 9.97 Å². The number of aromatic nitrogens is 3. The van der Waals surface area contributed by atoms with Crippen molar-refractivity contribution >= 4 is 11.9 Å². The van der Waals surface area contributed by atoms with Crippen LogP contribution in [0.25, 0.3) is 0 Å². The third kappa shape index (κ3) is 4.86. The van der Waals surface area contributed by atoms with Gasteiger partial charge in [0.25, 0.3) is 5.91 Å². The fourth-order valence-electron chi connectivity index (χ4n) is 2.47. The Hall–Kier alpha value is -3.28. The first-order valence-electron chi connectivity index (χ1n) is 8.46. The largest absolute Gasteiger partial charge is 0.350 e. The third-order valence-corrected chi connectivity index (χ3v) is 4.02. The average Bonchev–Trinajstić information content (AvgIpc) is 2.72. The summed E-state index contributed by atoms with van der Waals surface area (Å²) in [4.78, 5) is 26.6. The Bertz CT molecular complexity index is 822. The molecular formula is C20H21N5O. The Balaban J connectivity index is 1.52. The Morgan fingerprint density at radius 2 is 1.69 bits per heavy atom. The zero-order valence-corrected chi connectivity index (χ0v) is 14.7. The number of nitrogens with zero attached hydrogens (tertiary/aromatic N) is 4. The molecule has 3 rings (SSSR count). The maximum atomic E-state index is 12.5. The number of hydrogen-bond donors (Lipinski definition) is 1. The van der Waals surface area contributed by atoms with Crippen LogP contribution in [0.3, 0.4) is 0 Å². The quantitative estimate of drug-likeness (QED) is 0.712. The van der Waals surface area contributed by atoms with Crippen molar-refractivity contribution in [1.29, 1.82) is 0 Å². The number of pyridine rings is 1. The fourth-order valence-corrected chi connectivity index (χ4v) is 2.47. The molecular weight excluding hydrogens is 326 g/mol. The second-order valence-electron chi connectivity index (χ2n) is 5.97. The molecule has 0 spiro atoms. The number of carbonyl (C=O) groups excluding carboxylic acids is 1. The van der Waals surface area contributed by atoms with E-state index in [1.807, 2.05) is 42.5 Å². The van der Waals surface area contributed by atoms with Crippen molar-refractivity contribution in [2.75, 3.05) is 18.9 Å². The zero-order valence-electron chi connectivity index (χ0n) is 14.7. The molecule has 0 atom stereocenters. The van der Waals surface area contributed by atoms with Crippen LogP contribution in [-0.4, -0.2) is 39.4 Å². The van der Waals surface area contributed by atoms with Gasteiger partial charge in [0.05, 0.1) is 5.56 Å². The molecule has 0 aliphatic carbocycles. The molecule has 0 aliphatic heterocycles. The van der Waals surface area contributed by atoms with E-state index in [1.54, 1.807) is 36.7 Å². The molecule has 0 aliphatic rings. The van der Waals surface area contributed by atoms with Crippen LogP contribution in [0.4, 0.5) is 5.95 Å². The summed E-state index contributed by atoms with van der Waals surface area (Å²) in [5.74, 6) is 0.415. The molecule has 3 aromatic rings. The topological polar surface area (TPSA) is 71.0 Å². The van der Waals surface area contributed by atoms with Crippen molar-refractivity contribution in [3.05, 3.63) is 83.9 Å². The number of carbonyl (C=O) groups is 1. The van der Waals surface area contributed by atoms with Gasteiger partial charge in [-0.15, -0.1) is 0 Å². The van der Waals surface area contributed by atoms with E-state index in [1.165, 1.54) is 0 Å². The molecule has 2 aromatic heterocycles. The second-order valence-corrected chi connectivity index (χ2v) is 5.97. The van der Waals surface area contributed by atoms with Crippen LogP contribution in [0.2, 0.25) is 0 Å². The lowest BCUT2D eigenvalue weighted by Crippen LogP contribution is -2.29. The number of likely N-dealkylation sites (N-methyl/N-ethyl adjacent to an activating group) is 1. The Morgan fingerprint density at radius 1 is 1.00 bits per heavy atom.